The largest absolute Gasteiger partial charge is 0.344 e. The molecular weight excluding hydrogens is 327 g/mol. The second-order valence-corrected chi connectivity index (χ2v) is 5.98. The number of amides is 2. The van der Waals surface area contributed by atoms with Crippen molar-refractivity contribution >= 4 is 33.4 Å². The molecule has 0 aromatic heterocycles. The van der Waals surface area contributed by atoms with Gasteiger partial charge in [0.05, 0.1) is 5.69 Å². The SMILES string of the molecule is CC(C)C1NC(=O)CCN(c2ccc(F)cc2Br)C1=O. The van der Waals surface area contributed by atoms with Crippen LogP contribution in [0.25, 0.3) is 0 Å². The summed E-state index contributed by atoms with van der Waals surface area (Å²) in [7, 11) is 0. The lowest BCUT2D eigenvalue weighted by molar-refractivity contribution is -0.126. The zero-order valence-electron chi connectivity index (χ0n) is 11.3. The fraction of sp³-hybridized carbons (Fsp3) is 0.429. The molecule has 0 bridgehead atoms. The van der Waals surface area contributed by atoms with Crippen LogP contribution in [-0.2, 0) is 9.59 Å². The van der Waals surface area contributed by atoms with E-state index in [0.29, 0.717) is 10.2 Å². The van der Waals surface area contributed by atoms with Crippen molar-refractivity contribution in [3.63, 3.8) is 0 Å². The standard InChI is InChI=1S/C14H16BrFN2O2/c1-8(2)13-14(20)18(6-5-12(19)17-13)11-4-3-9(16)7-10(11)15/h3-4,7-8,13H,5-6H2,1-2H3,(H,17,19). The minimum absolute atomic E-state index is 0.00808. The second-order valence-electron chi connectivity index (χ2n) is 5.12. The van der Waals surface area contributed by atoms with E-state index in [2.05, 4.69) is 21.2 Å². The molecule has 0 spiro atoms. The molecule has 1 heterocycles. The Morgan fingerprint density at radius 2 is 2.10 bits per heavy atom. The van der Waals surface area contributed by atoms with E-state index in [1.165, 1.54) is 17.0 Å². The molecule has 6 heteroatoms. The number of benzene rings is 1. The lowest BCUT2D eigenvalue weighted by Crippen LogP contribution is -2.48. The van der Waals surface area contributed by atoms with Gasteiger partial charge in [-0.2, -0.15) is 0 Å². The van der Waals surface area contributed by atoms with Crippen LogP contribution >= 0.6 is 15.9 Å². The highest BCUT2D eigenvalue weighted by Crippen LogP contribution is 2.29. The average molecular weight is 343 g/mol. The summed E-state index contributed by atoms with van der Waals surface area (Å²) < 4.78 is 13.7. The van der Waals surface area contributed by atoms with Crippen molar-refractivity contribution < 1.29 is 14.0 Å². The number of carbonyl (C=O) groups excluding carboxylic acids is 2. The molecule has 2 rings (SSSR count). The maximum Gasteiger partial charge on any atom is 0.249 e. The number of nitrogens with zero attached hydrogens (tertiary/aromatic N) is 1. The third-order valence-electron chi connectivity index (χ3n) is 3.28. The molecule has 1 aromatic rings. The van der Waals surface area contributed by atoms with E-state index in [0.717, 1.165) is 0 Å². The molecule has 1 aliphatic rings. The molecule has 108 valence electrons. The molecule has 0 aliphatic carbocycles. The van der Waals surface area contributed by atoms with Crippen LogP contribution in [0, 0.1) is 11.7 Å². The van der Waals surface area contributed by atoms with Crippen LogP contribution in [0.2, 0.25) is 0 Å². The molecule has 2 amide bonds. The van der Waals surface area contributed by atoms with E-state index in [1.807, 2.05) is 13.8 Å². The van der Waals surface area contributed by atoms with Crippen LogP contribution in [0.1, 0.15) is 20.3 Å². The Morgan fingerprint density at radius 3 is 2.70 bits per heavy atom. The molecule has 1 unspecified atom stereocenters. The van der Waals surface area contributed by atoms with E-state index in [1.54, 1.807) is 6.07 Å². The zero-order chi connectivity index (χ0) is 14.9. The first-order chi connectivity index (χ1) is 9.40. The Labute approximate surface area is 125 Å². The maximum absolute atomic E-state index is 13.2. The molecule has 1 saturated heterocycles. The van der Waals surface area contributed by atoms with Gasteiger partial charge in [0.25, 0.3) is 0 Å². The molecule has 1 fully saturated rings. The lowest BCUT2D eigenvalue weighted by Gasteiger charge is -2.26. The number of nitrogens with one attached hydrogen (secondary N) is 1. The van der Waals surface area contributed by atoms with Crippen molar-refractivity contribution in [3.8, 4) is 0 Å². The van der Waals surface area contributed by atoms with Gasteiger partial charge < -0.3 is 10.2 Å². The molecule has 1 aromatic carbocycles. The van der Waals surface area contributed by atoms with Crippen molar-refractivity contribution in [2.45, 2.75) is 26.3 Å². The normalized spacial score (nSPS) is 20.1. The molecule has 1 atom stereocenters. The Balaban J connectivity index is 2.38. The van der Waals surface area contributed by atoms with E-state index in [4.69, 9.17) is 0 Å². The van der Waals surface area contributed by atoms with Crippen LogP contribution in [0.4, 0.5) is 10.1 Å². The smallest absolute Gasteiger partial charge is 0.249 e. The average Bonchev–Trinajstić information content (AvgIpc) is 2.50. The summed E-state index contributed by atoms with van der Waals surface area (Å²) >= 11 is 3.27. The van der Waals surface area contributed by atoms with Gasteiger partial charge in [-0.1, -0.05) is 13.8 Å². The van der Waals surface area contributed by atoms with Crippen LogP contribution in [0.5, 0.6) is 0 Å². The van der Waals surface area contributed by atoms with E-state index in [-0.39, 0.29) is 36.5 Å². The van der Waals surface area contributed by atoms with Gasteiger partial charge in [-0.25, -0.2) is 4.39 Å². The Morgan fingerprint density at radius 1 is 1.40 bits per heavy atom. The van der Waals surface area contributed by atoms with Crippen molar-refractivity contribution in [1.82, 2.24) is 5.32 Å². The van der Waals surface area contributed by atoms with Gasteiger partial charge >= 0.3 is 0 Å². The topological polar surface area (TPSA) is 49.4 Å². The first-order valence-electron chi connectivity index (χ1n) is 6.46. The van der Waals surface area contributed by atoms with Crippen molar-refractivity contribution in [1.29, 1.82) is 0 Å². The van der Waals surface area contributed by atoms with Gasteiger partial charge in [0.1, 0.15) is 11.9 Å². The Bertz CT molecular complexity index is 548. The first kappa shape index (κ1) is 15.0. The van der Waals surface area contributed by atoms with Crippen LogP contribution in [0.3, 0.4) is 0 Å². The summed E-state index contributed by atoms with van der Waals surface area (Å²) in [6, 6.07) is 3.61. The monoisotopic (exact) mass is 342 g/mol. The van der Waals surface area contributed by atoms with Gasteiger partial charge in [0.15, 0.2) is 0 Å². The van der Waals surface area contributed by atoms with Crippen LogP contribution < -0.4 is 10.2 Å². The summed E-state index contributed by atoms with van der Waals surface area (Å²) in [5.41, 5.74) is 0.582. The molecule has 1 aliphatic heterocycles. The first-order valence-corrected chi connectivity index (χ1v) is 7.25. The number of rotatable bonds is 2. The van der Waals surface area contributed by atoms with Crippen LogP contribution in [-0.4, -0.2) is 24.4 Å². The van der Waals surface area contributed by atoms with E-state index < -0.39 is 6.04 Å². The van der Waals surface area contributed by atoms with Gasteiger partial charge in [0.2, 0.25) is 11.8 Å². The predicted molar refractivity (Wildman–Crippen MR) is 77.8 cm³/mol. The predicted octanol–water partition coefficient (Wildman–Crippen LogP) is 2.47. The zero-order valence-corrected chi connectivity index (χ0v) is 12.9. The maximum atomic E-state index is 13.2. The van der Waals surface area contributed by atoms with Crippen molar-refractivity contribution in [3.05, 3.63) is 28.5 Å². The quantitative estimate of drug-likeness (QED) is 0.897. The minimum Gasteiger partial charge on any atom is -0.344 e. The fourth-order valence-corrected chi connectivity index (χ4v) is 2.75. The van der Waals surface area contributed by atoms with Gasteiger partial charge in [-0.05, 0) is 40.0 Å². The summed E-state index contributed by atoms with van der Waals surface area (Å²) in [6.07, 6.45) is 0.235. The molecule has 0 radical (unpaired) electrons. The van der Waals surface area contributed by atoms with Crippen molar-refractivity contribution in [2.75, 3.05) is 11.4 Å². The van der Waals surface area contributed by atoms with Gasteiger partial charge in [-0.3, -0.25) is 9.59 Å². The van der Waals surface area contributed by atoms with Crippen LogP contribution in [0.15, 0.2) is 22.7 Å². The minimum atomic E-state index is -0.554. The highest BCUT2D eigenvalue weighted by Gasteiger charge is 2.33. The lowest BCUT2D eigenvalue weighted by atomic mass is 10.0. The molecular formula is C14H16BrFN2O2. The Hall–Kier alpha value is -1.43. The third kappa shape index (κ3) is 3.00. The number of halogens is 2. The number of anilines is 1. The number of hydrogen-bond donors (Lipinski definition) is 1. The van der Waals surface area contributed by atoms with E-state index in [9.17, 15) is 14.0 Å². The molecule has 0 saturated carbocycles. The molecule has 1 N–H and O–H groups in total. The highest BCUT2D eigenvalue weighted by atomic mass is 79.9. The summed E-state index contributed by atoms with van der Waals surface area (Å²) in [5.74, 6) is -0.695. The van der Waals surface area contributed by atoms with E-state index >= 15 is 0 Å². The number of hydrogen-bond acceptors (Lipinski definition) is 2. The highest BCUT2D eigenvalue weighted by molar-refractivity contribution is 9.10. The summed E-state index contributed by atoms with van der Waals surface area (Å²) in [5, 5.41) is 2.74. The molecule has 4 nitrogen and oxygen atoms in total. The third-order valence-corrected chi connectivity index (χ3v) is 3.91. The summed E-state index contributed by atoms with van der Waals surface area (Å²) in [4.78, 5) is 25.8. The Kier molecular flexibility index (Phi) is 4.42. The summed E-state index contributed by atoms with van der Waals surface area (Å²) in [6.45, 7) is 4.05. The van der Waals surface area contributed by atoms with Gasteiger partial charge in [-0.15, -0.1) is 0 Å². The van der Waals surface area contributed by atoms with Gasteiger partial charge in [0, 0.05) is 17.4 Å². The van der Waals surface area contributed by atoms with Crippen molar-refractivity contribution in [2.24, 2.45) is 5.92 Å². The second kappa shape index (κ2) is 5.91. The fourth-order valence-electron chi connectivity index (χ4n) is 2.19. The molecule has 20 heavy (non-hydrogen) atoms. The number of carbonyl (C=O) groups is 2.